The summed E-state index contributed by atoms with van der Waals surface area (Å²) in [6.07, 6.45) is 6.57. The van der Waals surface area contributed by atoms with Crippen molar-refractivity contribution in [1.82, 2.24) is 15.5 Å². The number of carbonyl (C=O) groups excluding carboxylic acids is 1. The van der Waals surface area contributed by atoms with Crippen molar-refractivity contribution in [1.29, 1.82) is 0 Å². The summed E-state index contributed by atoms with van der Waals surface area (Å²) < 4.78 is 0. The van der Waals surface area contributed by atoms with E-state index in [1.807, 2.05) is 0 Å². The van der Waals surface area contributed by atoms with Crippen molar-refractivity contribution in [3.05, 3.63) is 0 Å². The van der Waals surface area contributed by atoms with Gasteiger partial charge >= 0.3 is 0 Å². The van der Waals surface area contributed by atoms with Crippen molar-refractivity contribution in [2.75, 3.05) is 32.7 Å². The highest BCUT2D eigenvalue weighted by atomic mass is 16.2. The maximum atomic E-state index is 12.6. The molecule has 1 aliphatic carbocycles. The van der Waals surface area contributed by atoms with Gasteiger partial charge in [-0.3, -0.25) is 9.69 Å². The topological polar surface area (TPSA) is 44.4 Å². The third-order valence-electron chi connectivity index (χ3n) is 5.56. The number of nitrogens with zero attached hydrogens (tertiary/aromatic N) is 1. The van der Waals surface area contributed by atoms with Crippen LogP contribution in [0.5, 0.6) is 0 Å². The minimum atomic E-state index is -0.386. The van der Waals surface area contributed by atoms with Crippen LogP contribution in [0.2, 0.25) is 0 Å². The zero-order valence-corrected chi connectivity index (χ0v) is 14.1. The van der Waals surface area contributed by atoms with Crippen molar-refractivity contribution in [3.8, 4) is 0 Å². The number of nitrogens with one attached hydrogen (secondary N) is 2. The normalized spacial score (nSPS) is 28.3. The number of hydrogen-bond donors (Lipinski definition) is 2. The van der Waals surface area contributed by atoms with Gasteiger partial charge in [-0.05, 0) is 38.5 Å². The number of rotatable bonds is 5. The van der Waals surface area contributed by atoms with Gasteiger partial charge in [0.15, 0.2) is 0 Å². The van der Waals surface area contributed by atoms with Crippen molar-refractivity contribution in [3.63, 3.8) is 0 Å². The Balaban J connectivity index is 1.75. The zero-order valence-electron chi connectivity index (χ0n) is 14.1. The van der Waals surface area contributed by atoms with E-state index < -0.39 is 0 Å². The van der Waals surface area contributed by atoms with Crippen LogP contribution in [0.1, 0.15) is 52.9 Å². The van der Waals surface area contributed by atoms with E-state index >= 15 is 0 Å². The van der Waals surface area contributed by atoms with Crippen LogP contribution in [0.3, 0.4) is 0 Å². The molecule has 2 aliphatic rings. The second kappa shape index (κ2) is 7.59. The Kier molecular flexibility index (Phi) is 6.06. The van der Waals surface area contributed by atoms with Gasteiger partial charge in [-0.15, -0.1) is 0 Å². The van der Waals surface area contributed by atoms with Gasteiger partial charge in [0.1, 0.15) is 0 Å². The second-order valence-corrected chi connectivity index (χ2v) is 7.30. The molecule has 21 heavy (non-hydrogen) atoms. The molecule has 1 saturated heterocycles. The Morgan fingerprint density at radius 2 is 1.71 bits per heavy atom. The molecule has 0 spiro atoms. The quantitative estimate of drug-likeness (QED) is 0.815. The standard InChI is InChI=1S/C17H33N3O/c1-4-14-5-7-15(8-6-14)13-19-16(21)17(2,3)20-11-9-18-10-12-20/h14-15,18H,4-13H2,1-3H3,(H,19,21). The van der Waals surface area contributed by atoms with E-state index in [1.165, 1.54) is 32.1 Å². The van der Waals surface area contributed by atoms with E-state index in [9.17, 15) is 4.79 Å². The molecule has 0 radical (unpaired) electrons. The lowest BCUT2D eigenvalue weighted by Crippen LogP contribution is -2.60. The summed E-state index contributed by atoms with van der Waals surface area (Å²) in [6, 6.07) is 0. The fourth-order valence-electron chi connectivity index (χ4n) is 3.66. The maximum Gasteiger partial charge on any atom is 0.239 e. The Morgan fingerprint density at radius 3 is 2.29 bits per heavy atom. The molecule has 1 heterocycles. The molecule has 4 heteroatoms. The van der Waals surface area contributed by atoms with Crippen molar-refractivity contribution in [2.45, 2.75) is 58.4 Å². The molecule has 2 fully saturated rings. The summed E-state index contributed by atoms with van der Waals surface area (Å²) in [4.78, 5) is 14.9. The van der Waals surface area contributed by atoms with Crippen molar-refractivity contribution < 1.29 is 4.79 Å². The smallest absolute Gasteiger partial charge is 0.239 e. The highest BCUT2D eigenvalue weighted by Gasteiger charge is 2.35. The third-order valence-corrected chi connectivity index (χ3v) is 5.56. The molecule has 1 saturated carbocycles. The van der Waals surface area contributed by atoms with Gasteiger partial charge < -0.3 is 10.6 Å². The lowest BCUT2D eigenvalue weighted by atomic mass is 9.81. The summed E-state index contributed by atoms with van der Waals surface area (Å²) in [5.74, 6) is 1.81. The van der Waals surface area contributed by atoms with E-state index in [-0.39, 0.29) is 11.4 Å². The van der Waals surface area contributed by atoms with Crippen LogP contribution >= 0.6 is 0 Å². The minimum Gasteiger partial charge on any atom is -0.354 e. The van der Waals surface area contributed by atoms with Crippen LogP contribution in [-0.4, -0.2) is 49.1 Å². The molecule has 2 rings (SSSR count). The van der Waals surface area contributed by atoms with E-state index in [1.54, 1.807) is 0 Å². The Morgan fingerprint density at radius 1 is 1.14 bits per heavy atom. The van der Waals surface area contributed by atoms with Crippen LogP contribution in [0, 0.1) is 11.8 Å². The Hall–Kier alpha value is -0.610. The molecule has 1 aliphatic heterocycles. The molecule has 1 amide bonds. The van der Waals surface area contributed by atoms with E-state index in [0.29, 0.717) is 5.92 Å². The fourth-order valence-corrected chi connectivity index (χ4v) is 3.66. The molecule has 4 nitrogen and oxygen atoms in total. The Labute approximate surface area is 130 Å². The molecular formula is C17H33N3O. The number of piperazine rings is 1. The van der Waals surface area contributed by atoms with Crippen LogP contribution in [-0.2, 0) is 4.79 Å². The van der Waals surface area contributed by atoms with Gasteiger partial charge in [-0.1, -0.05) is 26.2 Å². The maximum absolute atomic E-state index is 12.6. The molecule has 0 atom stereocenters. The number of hydrogen-bond acceptors (Lipinski definition) is 3. The SMILES string of the molecule is CCC1CCC(CNC(=O)C(C)(C)N2CCNCC2)CC1. The van der Waals surface area contributed by atoms with E-state index in [4.69, 9.17) is 0 Å². The minimum absolute atomic E-state index is 0.196. The molecule has 0 unspecified atom stereocenters. The molecular weight excluding hydrogens is 262 g/mol. The van der Waals surface area contributed by atoms with Crippen LogP contribution in [0.25, 0.3) is 0 Å². The van der Waals surface area contributed by atoms with Crippen LogP contribution in [0.15, 0.2) is 0 Å². The lowest BCUT2D eigenvalue weighted by Gasteiger charge is -2.40. The van der Waals surface area contributed by atoms with Crippen LogP contribution < -0.4 is 10.6 Å². The average molecular weight is 295 g/mol. The monoisotopic (exact) mass is 295 g/mol. The molecule has 2 N–H and O–H groups in total. The molecule has 0 aromatic heterocycles. The highest BCUT2D eigenvalue weighted by molar-refractivity contribution is 5.85. The van der Waals surface area contributed by atoms with Gasteiger partial charge in [0, 0.05) is 32.7 Å². The van der Waals surface area contributed by atoms with E-state index in [0.717, 1.165) is 38.6 Å². The fraction of sp³-hybridized carbons (Fsp3) is 0.941. The first-order valence-electron chi connectivity index (χ1n) is 8.78. The summed E-state index contributed by atoms with van der Waals surface area (Å²) in [7, 11) is 0. The van der Waals surface area contributed by atoms with Crippen molar-refractivity contribution in [2.24, 2.45) is 11.8 Å². The van der Waals surface area contributed by atoms with Gasteiger partial charge in [0.2, 0.25) is 5.91 Å². The average Bonchev–Trinajstić information content (AvgIpc) is 2.53. The summed E-state index contributed by atoms with van der Waals surface area (Å²) in [6.45, 7) is 11.2. The zero-order chi connectivity index (χ0) is 15.3. The first-order valence-corrected chi connectivity index (χ1v) is 8.78. The van der Waals surface area contributed by atoms with Crippen LogP contribution in [0.4, 0.5) is 0 Å². The first kappa shape index (κ1) is 16.8. The second-order valence-electron chi connectivity index (χ2n) is 7.30. The third kappa shape index (κ3) is 4.43. The predicted octanol–water partition coefficient (Wildman–Crippen LogP) is 2.00. The van der Waals surface area contributed by atoms with Crippen molar-refractivity contribution >= 4 is 5.91 Å². The predicted molar refractivity (Wildman–Crippen MR) is 87.3 cm³/mol. The largest absolute Gasteiger partial charge is 0.354 e. The van der Waals surface area contributed by atoms with Gasteiger partial charge in [-0.2, -0.15) is 0 Å². The van der Waals surface area contributed by atoms with Gasteiger partial charge in [0.05, 0.1) is 5.54 Å². The summed E-state index contributed by atoms with van der Waals surface area (Å²) >= 11 is 0. The van der Waals surface area contributed by atoms with Gasteiger partial charge in [-0.25, -0.2) is 0 Å². The summed E-state index contributed by atoms with van der Waals surface area (Å²) in [5.41, 5.74) is -0.386. The number of amides is 1. The summed E-state index contributed by atoms with van der Waals surface area (Å²) in [5, 5.41) is 6.57. The Bertz CT molecular complexity index is 329. The molecule has 0 aromatic carbocycles. The molecule has 0 aromatic rings. The molecule has 122 valence electrons. The lowest BCUT2D eigenvalue weighted by molar-refractivity contribution is -0.132. The van der Waals surface area contributed by atoms with Gasteiger partial charge in [0.25, 0.3) is 0 Å². The highest BCUT2D eigenvalue weighted by Crippen LogP contribution is 2.30. The first-order chi connectivity index (χ1) is 10.0. The molecule has 0 bridgehead atoms. The number of carbonyl (C=O) groups is 1. The van der Waals surface area contributed by atoms with E-state index in [2.05, 4.69) is 36.3 Å².